The molecular formula is C5H7ClS. The molecule has 0 bridgehead atoms. The molecule has 40 valence electrons. The molecule has 0 aromatic rings. The molecule has 1 rings (SSSR count). The van der Waals surface area contributed by atoms with E-state index in [1.54, 1.807) is 11.8 Å². The van der Waals surface area contributed by atoms with Gasteiger partial charge in [0.15, 0.2) is 0 Å². The van der Waals surface area contributed by atoms with E-state index in [4.69, 9.17) is 11.6 Å². The van der Waals surface area contributed by atoms with Crippen LogP contribution >= 0.6 is 23.4 Å². The highest BCUT2D eigenvalue weighted by atomic mass is 35.5. The molecule has 7 heavy (non-hydrogen) atoms. The summed E-state index contributed by atoms with van der Waals surface area (Å²) in [7, 11) is 0. The average Bonchev–Trinajstić information content (AvgIpc) is 1.91. The molecule has 0 radical (unpaired) electrons. The van der Waals surface area contributed by atoms with Crippen molar-refractivity contribution in [3.05, 3.63) is 11.0 Å². The minimum absolute atomic E-state index is 0.310. The Hall–Kier alpha value is 0.380. The lowest BCUT2D eigenvalue weighted by molar-refractivity contribution is 1.15. The van der Waals surface area contributed by atoms with Gasteiger partial charge in [-0.3, -0.25) is 0 Å². The van der Waals surface area contributed by atoms with E-state index in [1.165, 1.54) is 5.57 Å². The van der Waals surface area contributed by atoms with Crippen LogP contribution in [0.25, 0.3) is 0 Å². The van der Waals surface area contributed by atoms with Gasteiger partial charge in [-0.05, 0) is 17.9 Å². The molecule has 2 heteroatoms. The van der Waals surface area contributed by atoms with E-state index in [-0.39, 0.29) is 0 Å². The SMILES string of the molecule is CC1=CSCC1Cl. The normalized spacial score (nSPS) is 30.6. The van der Waals surface area contributed by atoms with Gasteiger partial charge in [-0.2, -0.15) is 0 Å². The summed E-state index contributed by atoms with van der Waals surface area (Å²) in [5.74, 6) is 1.06. The van der Waals surface area contributed by atoms with Crippen molar-refractivity contribution in [3.8, 4) is 0 Å². The highest BCUT2D eigenvalue weighted by Crippen LogP contribution is 2.25. The Morgan fingerprint density at radius 1 is 2.00 bits per heavy atom. The van der Waals surface area contributed by atoms with Gasteiger partial charge in [-0.1, -0.05) is 0 Å². The van der Waals surface area contributed by atoms with Crippen LogP contribution in [0.3, 0.4) is 0 Å². The van der Waals surface area contributed by atoms with E-state index in [9.17, 15) is 0 Å². The predicted octanol–water partition coefficient (Wildman–Crippen LogP) is 2.24. The van der Waals surface area contributed by atoms with Crippen molar-refractivity contribution in [1.29, 1.82) is 0 Å². The second-order valence-corrected chi connectivity index (χ2v) is 3.09. The van der Waals surface area contributed by atoms with Crippen LogP contribution in [-0.4, -0.2) is 11.1 Å². The third-order valence-electron chi connectivity index (χ3n) is 1.01. The quantitative estimate of drug-likeness (QED) is 0.458. The molecule has 1 heterocycles. The zero-order valence-electron chi connectivity index (χ0n) is 4.15. The van der Waals surface area contributed by atoms with Crippen molar-refractivity contribution in [2.45, 2.75) is 12.3 Å². The summed E-state index contributed by atoms with van der Waals surface area (Å²) in [6.45, 7) is 2.07. The molecule has 0 N–H and O–H groups in total. The lowest BCUT2D eigenvalue weighted by Crippen LogP contribution is -1.95. The van der Waals surface area contributed by atoms with Gasteiger partial charge in [-0.15, -0.1) is 23.4 Å². The highest BCUT2D eigenvalue weighted by molar-refractivity contribution is 8.02. The maximum atomic E-state index is 5.77. The second kappa shape index (κ2) is 2.10. The molecular weight excluding hydrogens is 128 g/mol. The van der Waals surface area contributed by atoms with Gasteiger partial charge >= 0.3 is 0 Å². The molecule has 0 nitrogen and oxygen atoms in total. The van der Waals surface area contributed by atoms with Crippen molar-refractivity contribution in [3.63, 3.8) is 0 Å². The molecule has 0 aliphatic carbocycles. The number of alkyl halides is 1. The first-order valence-corrected chi connectivity index (χ1v) is 3.71. The van der Waals surface area contributed by atoms with E-state index in [0.717, 1.165) is 5.75 Å². The Morgan fingerprint density at radius 3 is 2.86 bits per heavy atom. The molecule has 0 saturated carbocycles. The molecule has 0 amide bonds. The van der Waals surface area contributed by atoms with Crippen LogP contribution in [0.5, 0.6) is 0 Å². The molecule has 0 aromatic carbocycles. The maximum Gasteiger partial charge on any atom is 0.0644 e. The highest BCUT2D eigenvalue weighted by Gasteiger charge is 2.10. The molecule has 1 aliphatic rings. The molecule has 0 fully saturated rings. The Morgan fingerprint density at radius 2 is 2.71 bits per heavy atom. The zero-order chi connectivity index (χ0) is 5.28. The fourth-order valence-corrected chi connectivity index (χ4v) is 1.78. The van der Waals surface area contributed by atoms with Crippen molar-refractivity contribution in [1.82, 2.24) is 0 Å². The average molecular weight is 135 g/mol. The summed E-state index contributed by atoms with van der Waals surface area (Å²) in [5, 5.41) is 2.43. The number of hydrogen-bond donors (Lipinski definition) is 0. The number of thioether (sulfide) groups is 1. The van der Waals surface area contributed by atoms with E-state index in [1.807, 2.05) is 0 Å². The summed E-state index contributed by atoms with van der Waals surface area (Å²) in [4.78, 5) is 0. The summed E-state index contributed by atoms with van der Waals surface area (Å²) in [6.07, 6.45) is 0. The van der Waals surface area contributed by atoms with Crippen molar-refractivity contribution >= 4 is 23.4 Å². The summed E-state index contributed by atoms with van der Waals surface area (Å²) in [5.41, 5.74) is 1.31. The number of rotatable bonds is 0. The first kappa shape index (κ1) is 5.52. The summed E-state index contributed by atoms with van der Waals surface area (Å²) < 4.78 is 0. The molecule has 1 unspecified atom stereocenters. The Kier molecular flexibility index (Phi) is 1.65. The standard InChI is InChI=1S/C5H7ClS/c1-4-2-7-3-5(4)6/h2,5H,3H2,1H3. The Labute approximate surface area is 52.9 Å². The van der Waals surface area contributed by atoms with Crippen LogP contribution in [0.2, 0.25) is 0 Å². The number of halogens is 1. The molecule has 1 atom stereocenters. The van der Waals surface area contributed by atoms with Gasteiger partial charge < -0.3 is 0 Å². The minimum Gasteiger partial charge on any atom is -0.132 e. The Balaban J connectivity index is 2.54. The third kappa shape index (κ3) is 1.14. The van der Waals surface area contributed by atoms with Crippen LogP contribution in [0.1, 0.15) is 6.92 Å². The minimum atomic E-state index is 0.310. The van der Waals surface area contributed by atoms with E-state index in [2.05, 4.69) is 12.3 Å². The van der Waals surface area contributed by atoms with Crippen LogP contribution < -0.4 is 0 Å². The van der Waals surface area contributed by atoms with Crippen molar-refractivity contribution in [2.75, 3.05) is 5.75 Å². The largest absolute Gasteiger partial charge is 0.132 e. The molecule has 1 aliphatic heterocycles. The van der Waals surface area contributed by atoms with E-state index < -0.39 is 0 Å². The monoisotopic (exact) mass is 134 g/mol. The van der Waals surface area contributed by atoms with Crippen molar-refractivity contribution in [2.24, 2.45) is 0 Å². The lowest BCUT2D eigenvalue weighted by atomic mass is 10.3. The van der Waals surface area contributed by atoms with Crippen molar-refractivity contribution < 1.29 is 0 Å². The second-order valence-electron chi connectivity index (χ2n) is 1.66. The van der Waals surface area contributed by atoms with Gasteiger partial charge in [0.05, 0.1) is 5.38 Å². The summed E-state index contributed by atoms with van der Waals surface area (Å²) in [6, 6.07) is 0. The van der Waals surface area contributed by atoms with Crippen LogP contribution in [0, 0.1) is 0 Å². The fourth-order valence-electron chi connectivity index (χ4n) is 0.469. The molecule has 0 saturated heterocycles. The van der Waals surface area contributed by atoms with E-state index >= 15 is 0 Å². The van der Waals surface area contributed by atoms with Crippen LogP contribution in [0.4, 0.5) is 0 Å². The van der Waals surface area contributed by atoms with Gasteiger partial charge in [0.25, 0.3) is 0 Å². The summed E-state index contributed by atoms with van der Waals surface area (Å²) >= 11 is 7.57. The number of hydrogen-bond acceptors (Lipinski definition) is 1. The third-order valence-corrected chi connectivity index (χ3v) is 2.75. The Bertz CT molecular complexity index is 98.3. The van der Waals surface area contributed by atoms with Gasteiger partial charge in [-0.25, -0.2) is 0 Å². The first-order chi connectivity index (χ1) is 3.30. The zero-order valence-corrected chi connectivity index (χ0v) is 5.72. The molecule has 0 spiro atoms. The first-order valence-electron chi connectivity index (χ1n) is 2.23. The van der Waals surface area contributed by atoms with E-state index in [0.29, 0.717) is 5.38 Å². The van der Waals surface area contributed by atoms with Gasteiger partial charge in [0.1, 0.15) is 0 Å². The lowest BCUT2D eigenvalue weighted by Gasteiger charge is -1.94. The predicted molar refractivity (Wildman–Crippen MR) is 35.9 cm³/mol. The topological polar surface area (TPSA) is 0 Å². The molecule has 0 aromatic heterocycles. The smallest absolute Gasteiger partial charge is 0.0644 e. The van der Waals surface area contributed by atoms with Gasteiger partial charge in [0, 0.05) is 5.75 Å². The maximum absolute atomic E-state index is 5.77. The number of allylic oxidation sites excluding steroid dienone is 1. The van der Waals surface area contributed by atoms with Crippen LogP contribution in [0.15, 0.2) is 11.0 Å². The van der Waals surface area contributed by atoms with Gasteiger partial charge in [0.2, 0.25) is 0 Å². The van der Waals surface area contributed by atoms with Crippen LogP contribution in [-0.2, 0) is 0 Å². The fraction of sp³-hybridized carbons (Fsp3) is 0.600.